The summed E-state index contributed by atoms with van der Waals surface area (Å²) < 4.78 is 6.06. The molecular formula is C32H33N3O. The number of nitrogens with one attached hydrogen (secondary N) is 1. The molecule has 0 amide bonds. The van der Waals surface area contributed by atoms with Crippen molar-refractivity contribution in [1.29, 1.82) is 5.26 Å². The van der Waals surface area contributed by atoms with Crippen LogP contribution in [-0.4, -0.2) is 36.1 Å². The minimum Gasteiger partial charge on any atom is -0.492 e. The zero-order valence-corrected chi connectivity index (χ0v) is 21.1. The highest BCUT2D eigenvalue weighted by molar-refractivity contribution is 6.00. The largest absolute Gasteiger partial charge is 0.492 e. The van der Waals surface area contributed by atoms with E-state index in [0.29, 0.717) is 18.9 Å². The molecule has 0 aliphatic carbocycles. The standard InChI is InChI=1S/C32H33N3O/c1-3-28(29-10-6-4-8-23(29)2)32(31-20-26-9-5-7-11-30(26)34-31)25-12-14-27(15-13-25)36-19-18-35-21-24(22-35)16-17-33/h4-15,20,24,34H,3,16,18-19,21-22H2,1-2H3/b32-28+. The van der Waals surface area contributed by atoms with Crippen LogP contribution in [0.15, 0.2) is 78.9 Å². The maximum atomic E-state index is 8.81. The molecule has 2 heterocycles. The van der Waals surface area contributed by atoms with Gasteiger partial charge in [0, 0.05) is 48.2 Å². The van der Waals surface area contributed by atoms with Crippen molar-refractivity contribution < 1.29 is 4.74 Å². The molecule has 0 saturated carbocycles. The van der Waals surface area contributed by atoms with Crippen LogP contribution in [0.3, 0.4) is 0 Å². The van der Waals surface area contributed by atoms with E-state index in [9.17, 15) is 0 Å². The fraction of sp³-hybridized carbons (Fsp3) is 0.281. The Balaban J connectivity index is 1.42. The lowest BCUT2D eigenvalue weighted by molar-refractivity contribution is 0.0854. The number of hydrogen-bond acceptors (Lipinski definition) is 3. The first kappa shape index (κ1) is 23.9. The smallest absolute Gasteiger partial charge is 0.119 e. The predicted octanol–water partition coefficient (Wildman–Crippen LogP) is 7.07. The Hall–Kier alpha value is -3.81. The number of hydrogen-bond donors (Lipinski definition) is 1. The third-order valence-corrected chi connectivity index (χ3v) is 7.16. The molecule has 36 heavy (non-hydrogen) atoms. The number of benzene rings is 3. The fourth-order valence-corrected chi connectivity index (χ4v) is 5.24. The molecule has 0 unspecified atom stereocenters. The van der Waals surface area contributed by atoms with Crippen LogP contribution in [0.2, 0.25) is 0 Å². The summed E-state index contributed by atoms with van der Waals surface area (Å²) in [6.45, 7) is 7.99. The van der Waals surface area contributed by atoms with E-state index >= 15 is 0 Å². The number of aryl methyl sites for hydroxylation is 1. The molecule has 0 bridgehead atoms. The third kappa shape index (κ3) is 5.08. The van der Waals surface area contributed by atoms with Gasteiger partial charge in [0.05, 0.1) is 6.07 Å². The number of ether oxygens (including phenoxy) is 1. The Morgan fingerprint density at radius 2 is 1.78 bits per heavy atom. The normalized spacial score (nSPS) is 14.8. The van der Waals surface area contributed by atoms with Crippen molar-refractivity contribution in [3.63, 3.8) is 0 Å². The molecule has 182 valence electrons. The zero-order valence-electron chi connectivity index (χ0n) is 21.1. The molecule has 1 saturated heterocycles. The first-order valence-electron chi connectivity index (χ1n) is 12.9. The average molecular weight is 476 g/mol. The van der Waals surface area contributed by atoms with Crippen molar-refractivity contribution in [1.82, 2.24) is 9.88 Å². The second kappa shape index (κ2) is 10.8. The molecule has 4 aromatic rings. The summed E-state index contributed by atoms with van der Waals surface area (Å²) in [6.07, 6.45) is 1.59. The number of fused-ring (bicyclic) bond motifs is 1. The van der Waals surface area contributed by atoms with Crippen molar-refractivity contribution in [3.8, 4) is 11.8 Å². The van der Waals surface area contributed by atoms with E-state index in [1.807, 2.05) is 0 Å². The van der Waals surface area contributed by atoms with Crippen LogP contribution in [0.1, 0.15) is 42.1 Å². The van der Waals surface area contributed by atoms with Gasteiger partial charge in [0.15, 0.2) is 0 Å². The topological polar surface area (TPSA) is 52.0 Å². The lowest BCUT2D eigenvalue weighted by atomic mass is 9.89. The van der Waals surface area contributed by atoms with Gasteiger partial charge in [0.1, 0.15) is 12.4 Å². The number of nitrogens with zero attached hydrogens (tertiary/aromatic N) is 2. The molecule has 4 heteroatoms. The zero-order chi connectivity index (χ0) is 24.9. The molecule has 1 N–H and O–H groups in total. The number of aromatic nitrogens is 1. The summed E-state index contributed by atoms with van der Waals surface area (Å²) in [5.74, 6) is 1.42. The Labute approximate surface area is 213 Å². The van der Waals surface area contributed by atoms with Gasteiger partial charge in [-0.2, -0.15) is 5.26 Å². The first-order valence-corrected chi connectivity index (χ1v) is 12.9. The molecule has 0 spiro atoms. The molecule has 1 fully saturated rings. The van der Waals surface area contributed by atoms with E-state index < -0.39 is 0 Å². The Kier molecular flexibility index (Phi) is 7.21. The molecular weight excluding hydrogens is 442 g/mol. The van der Waals surface area contributed by atoms with Gasteiger partial charge < -0.3 is 9.72 Å². The Bertz CT molecular complexity index is 1370. The van der Waals surface area contributed by atoms with E-state index in [4.69, 9.17) is 10.00 Å². The number of nitriles is 1. The maximum Gasteiger partial charge on any atom is 0.119 e. The number of rotatable bonds is 9. The van der Waals surface area contributed by atoms with Crippen molar-refractivity contribution in [3.05, 3.63) is 101 Å². The van der Waals surface area contributed by atoms with E-state index in [-0.39, 0.29) is 0 Å². The summed E-state index contributed by atoms with van der Waals surface area (Å²) >= 11 is 0. The lowest BCUT2D eigenvalue weighted by Crippen LogP contribution is -2.47. The van der Waals surface area contributed by atoms with Gasteiger partial charge in [-0.25, -0.2) is 0 Å². The number of para-hydroxylation sites is 1. The van der Waals surface area contributed by atoms with Crippen LogP contribution >= 0.6 is 0 Å². The van der Waals surface area contributed by atoms with Gasteiger partial charge in [-0.3, -0.25) is 4.90 Å². The molecule has 1 aliphatic heterocycles. The van der Waals surface area contributed by atoms with Gasteiger partial charge in [-0.15, -0.1) is 0 Å². The summed E-state index contributed by atoms with van der Waals surface area (Å²) in [5.41, 5.74) is 8.60. The van der Waals surface area contributed by atoms with Crippen molar-refractivity contribution in [2.24, 2.45) is 5.92 Å². The number of H-pyrrole nitrogens is 1. The van der Waals surface area contributed by atoms with E-state index in [1.54, 1.807) is 0 Å². The number of aromatic amines is 1. The highest BCUT2D eigenvalue weighted by Gasteiger charge is 2.25. The highest BCUT2D eigenvalue weighted by Crippen LogP contribution is 2.37. The van der Waals surface area contributed by atoms with Gasteiger partial charge in [0.25, 0.3) is 0 Å². The fourth-order valence-electron chi connectivity index (χ4n) is 5.24. The van der Waals surface area contributed by atoms with Crippen LogP contribution in [0.5, 0.6) is 5.75 Å². The summed E-state index contributed by atoms with van der Waals surface area (Å²) in [4.78, 5) is 6.02. The maximum absolute atomic E-state index is 8.81. The summed E-state index contributed by atoms with van der Waals surface area (Å²) in [5, 5.41) is 10.0. The average Bonchev–Trinajstić information content (AvgIpc) is 3.30. The SMILES string of the molecule is CC/C(=C(/c1ccc(OCCN2CC(CC#N)C2)cc1)c1cc2ccccc2[nH]1)c1ccccc1C. The third-order valence-electron chi connectivity index (χ3n) is 7.16. The van der Waals surface area contributed by atoms with Crippen molar-refractivity contribution in [2.75, 3.05) is 26.2 Å². The van der Waals surface area contributed by atoms with E-state index in [0.717, 1.165) is 43.0 Å². The van der Waals surface area contributed by atoms with Crippen LogP contribution in [0.25, 0.3) is 22.0 Å². The van der Waals surface area contributed by atoms with Crippen LogP contribution < -0.4 is 4.74 Å². The monoisotopic (exact) mass is 475 g/mol. The second-order valence-corrected chi connectivity index (χ2v) is 9.65. The minimum atomic E-state index is 0.533. The van der Waals surface area contributed by atoms with Crippen LogP contribution in [0.4, 0.5) is 0 Å². The number of likely N-dealkylation sites (tertiary alicyclic amines) is 1. The minimum absolute atomic E-state index is 0.533. The van der Waals surface area contributed by atoms with Crippen molar-refractivity contribution in [2.45, 2.75) is 26.7 Å². The van der Waals surface area contributed by atoms with Crippen LogP contribution in [0, 0.1) is 24.2 Å². The Morgan fingerprint density at radius 1 is 1.03 bits per heavy atom. The molecule has 0 radical (unpaired) electrons. The van der Waals surface area contributed by atoms with Gasteiger partial charge >= 0.3 is 0 Å². The molecule has 1 aliphatic rings. The van der Waals surface area contributed by atoms with Crippen LogP contribution in [-0.2, 0) is 0 Å². The molecule has 3 aromatic carbocycles. The van der Waals surface area contributed by atoms with E-state index in [1.165, 1.54) is 33.2 Å². The van der Waals surface area contributed by atoms with Gasteiger partial charge in [-0.05, 0) is 65.8 Å². The highest BCUT2D eigenvalue weighted by atomic mass is 16.5. The Morgan fingerprint density at radius 3 is 2.50 bits per heavy atom. The molecule has 5 rings (SSSR count). The number of allylic oxidation sites excluding steroid dienone is 1. The molecule has 1 aromatic heterocycles. The molecule has 4 nitrogen and oxygen atoms in total. The van der Waals surface area contributed by atoms with Gasteiger partial charge in [0.2, 0.25) is 0 Å². The summed E-state index contributed by atoms with van der Waals surface area (Å²) in [6, 6.07) is 30.1. The van der Waals surface area contributed by atoms with Gasteiger partial charge in [-0.1, -0.05) is 61.5 Å². The quantitative estimate of drug-likeness (QED) is 0.263. The lowest BCUT2D eigenvalue weighted by Gasteiger charge is -2.37. The van der Waals surface area contributed by atoms with Crippen molar-refractivity contribution >= 4 is 22.0 Å². The summed E-state index contributed by atoms with van der Waals surface area (Å²) in [7, 11) is 0. The molecule has 0 atom stereocenters. The van der Waals surface area contributed by atoms with E-state index in [2.05, 4.69) is 109 Å². The predicted molar refractivity (Wildman–Crippen MR) is 148 cm³/mol. The first-order chi connectivity index (χ1) is 17.7. The second-order valence-electron chi connectivity index (χ2n) is 9.65.